The molecule has 0 fully saturated rings. The zero-order chi connectivity index (χ0) is 13.8. The van der Waals surface area contributed by atoms with Gasteiger partial charge in [0.25, 0.3) is 0 Å². The van der Waals surface area contributed by atoms with Crippen LogP contribution in [0.4, 0.5) is 0 Å². The first kappa shape index (κ1) is 14.4. The van der Waals surface area contributed by atoms with Crippen LogP contribution in [0.25, 0.3) is 0 Å². The van der Waals surface area contributed by atoms with Gasteiger partial charge in [-0.15, -0.1) is 0 Å². The van der Waals surface area contributed by atoms with Gasteiger partial charge in [-0.3, -0.25) is 4.90 Å². The maximum atomic E-state index is 9.99. The van der Waals surface area contributed by atoms with E-state index in [2.05, 4.69) is 31.7 Å². The van der Waals surface area contributed by atoms with Gasteiger partial charge in [0.15, 0.2) is 0 Å². The minimum atomic E-state index is 0.486. The van der Waals surface area contributed by atoms with E-state index in [1.165, 1.54) is 43.5 Å². The lowest BCUT2D eigenvalue weighted by atomic mass is 9.79. The lowest BCUT2D eigenvalue weighted by Gasteiger charge is -2.39. The van der Waals surface area contributed by atoms with Crippen LogP contribution in [-0.4, -0.2) is 29.1 Å². The Morgan fingerprint density at radius 2 is 1.89 bits per heavy atom. The number of aromatic hydroxyl groups is 1. The summed E-state index contributed by atoms with van der Waals surface area (Å²) in [6.45, 7) is 9.22. The van der Waals surface area contributed by atoms with Gasteiger partial charge in [0.1, 0.15) is 5.75 Å². The van der Waals surface area contributed by atoms with Crippen LogP contribution < -0.4 is 0 Å². The number of nitrogens with zero attached hydrogens (tertiary/aromatic N) is 1. The largest absolute Gasteiger partial charge is 0.508 e. The van der Waals surface area contributed by atoms with Gasteiger partial charge >= 0.3 is 0 Å². The fraction of sp³-hybridized carbons (Fsp3) is 0.647. The quantitative estimate of drug-likeness (QED) is 0.868. The zero-order valence-corrected chi connectivity index (χ0v) is 12.5. The molecule has 2 nitrogen and oxygen atoms in total. The second-order valence-corrected chi connectivity index (χ2v) is 5.78. The van der Waals surface area contributed by atoms with Crippen LogP contribution in [0, 0.1) is 0 Å². The summed E-state index contributed by atoms with van der Waals surface area (Å²) in [4.78, 5) is 2.65. The van der Waals surface area contributed by atoms with Gasteiger partial charge in [0.2, 0.25) is 0 Å². The predicted molar refractivity (Wildman–Crippen MR) is 80.8 cm³/mol. The third kappa shape index (κ3) is 2.94. The number of phenols is 1. The van der Waals surface area contributed by atoms with E-state index < -0.39 is 0 Å². The van der Waals surface area contributed by atoms with E-state index in [1.807, 2.05) is 12.1 Å². The highest BCUT2D eigenvalue weighted by atomic mass is 16.3. The molecule has 2 atom stereocenters. The molecule has 1 aliphatic carbocycles. The maximum Gasteiger partial charge on any atom is 0.119 e. The van der Waals surface area contributed by atoms with Gasteiger partial charge in [-0.1, -0.05) is 32.9 Å². The molecule has 0 unspecified atom stereocenters. The van der Waals surface area contributed by atoms with Gasteiger partial charge in [-0.05, 0) is 61.9 Å². The van der Waals surface area contributed by atoms with Crippen molar-refractivity contribution in [2.24, 2.45) is 0 Å². The summed E-state index contributed by atoms with van der Waals surface area (Å²) in [6.07, 6.45) is 4.62. The Morgan fingerprint density at radius 3 is 2.53 bits per heavy atom. The molecule has 0 saturated heterocycles. The Labute approximate surface area is 117 Å². The van der Waals surface area contributed by atoms with E-state index in [1.54, 1.807) is 0 Å². The van der Waals surface area contributed by atoms with Crippen molar-refractivity contribution in [1.82, 2.24) is 4.90 Å². The highest BCUT2D eigenvalue weighted by Crippen LogP contribution is 2.38. The first-order chi connectivity index (χ1) is 9.19. The highest BCUT2D eigenvalue weighted by Gasteiger charge is 2.30. The van der Waals surface area contributed by atoms with Crippen molar-refractivity contribution in [3.05, 3.63) is 29.3 Å². The molecule has 106 valence electrons. The summed E-state index contributed by atoms with van der Waals surface area (Å²) in [6, 6.07) is 6.63. The Morgan fingerprint density at radius 1 is 1.21 bits per heavy atom. The lowest BCUT2D eigenvalue weighted by molar-refractivity contribution is 0.158. The number of fused-ring (bicyclic) bond motifs is 1. The zero-order valence-electron chi connectivity index (χ0n) is 12.5. The SMILES string of the molecule is CCCN(CCC)[C@@H]1CCc2c(O)cccc2[C@H]1C. The van der Waals surface area contributed by atoms with Crippen LogP contribution >= 0.6 is 0 Å². The molecular formula is C17H27NO. The topological polar surface area (TPSA) is 23.5 Å². The average Bonchev–Trinajstić information content (AvgIpc) is 2.40. The second kappa shape index (κ2) is 6.42. The fourth-order valence-electron chi connectivity index (χ4n) is 3.56. The molecular weight excluding hydrogens is 234 g/mol. The monoisotopic (exact) mass is 261 g/mol. The van der Waals surface area contributed by atoms with Crippen molar-refractivity contribution in [1.29, 1.82) is 0 Å². The molecule has 1 aromatic rings. The minimum Gasteiger partial charge on any atom is -0.508 e. The maximum absolute atomic E-state index is 9.99. The molecule has 0 amide bonds. The van der Waals surface area contributed by atoms with E-state index in [-0.39, 0.29) is 0 Å². The Hall–Kier alpha value is -1.02. The van der Waals surface area contributed by atoms with Crippen LogP contribution in [0.1, 0.15) is 57.1 Å². The molecule has 0 spiro atoms. The number of hydrogen-bond donors (Lipinski definition) is 1. The molecule has 1 aromatic carbocycles. The van der Waals surface area contributed by atoms with Crippen molar-refractivity contribution in [2.75, 3.05) is 13.1 Å². The molecule has 19 heavy (non-hydrogen) atoms. The molecule has 0 aliphatic heterocycles. The predicted octanol–water partition coefficient (Wildman–Crippen LogP) is 3.93. The van der Waals surface area contributed by atoms with Gasteiger partial charge < -0.3 is 5.11 Å². The molecule has 0 saturated carbocycles. The average molecular weight is 261 g/mol. The number of rotatable bonds is 5. The van der Waals surface area contributed by atoms with Crippen LogP contribution in [0.3, 0.4) is 0 Å². The van der Waals surface area contributed by atoms with Crippen molar-refractivity contribution >= 4 is 0 Å². The lowest BCUT2D eigenvalue weighted by Crippen LogP contribution is -2.42. The molecule has 2 rings (SSSR count). The standard InChI is InChI=1S/C17H27NO/c1-4-11-18(12-5-2)16-10-9-15-14(13(16)3)7-6-8-17(15)19/h6-8,13,16,19H,4-5,9-12H2,1-3H3/t13-,16-/m1/s1. The first-order valence-corrected chi connectivity index (χ1v) is 7.73. The van der Waals surface area contributed by atoms with Gasteiger partial charge in [0.05, 0.1) is 0 Å². The van der Waals surface area contributed by atoms with E-state index in [0.717, 1.165) is 6.42 Å². The molecule has 0 aromatic heterocycles. The summed E-state index contributed by atoms with van der Waals surface area (Å²) < 4.78 is 0. The molecule has 1 aliphatic rings. The summed E-state index contributed by atoms with van der Waals surface area (Å²) in [5.74, 6) is 1.01. The molecule has 0 radical (unpaired) electrons. The summed E-state index contributed by atoms with van der Waals surface area (Å²) in [5, 5.41) is 9.99. The van der Waals surface area contributed by atoms with E-state index >= 15 is 0 Å². The van der Waals surface area contributed by atoms with Gasteiger partial charge in [-0.2, -0.15) is 0 Å². The third-order valence-electron chi connectivity index (χ3n) is 4.44. The Bertz CT molecular complexity index is 410. The van der Waals surface area contributed by atoms with E-state index in [9.17, 15) is 5.11 Å². The molecule has 2 heteroatoms. The Kier molecular flexibility index (Phi) is 4.87. The molecule has 0 heterocycles. The molecule has 0 bridgehead atoms. The summed E-state index contributed by atoms with van der Waals surface area (Å²) >= 11 is 0. The number of benzene rings is 1. The number of hydrogen-bond acceptors (Lipinski definition) is 2. The first-order valence-electron chi connectivity index (χ1n) is 7.73. The normalized spacial score (nSPS) is 22.5. The fourth-order valence-corrected chi connectivity index (χ4v) is 3.56. The summed E-state index contributed by atoms with van der Waals surface area (Å²) in [5.41, 5.74) is 2.53. The third-order valence-corrected chi connectivity index (χ3v) is 4.44. The molecule has 1 N–H and O–H groups in total. The Balaban J connectivity index is 2.22. The van der Waals surface area contributed by atoms with Crippen LogP contribution in [-0.2, 0) is 6.42 Å². The second-order valence-electron chi connectivity index (χ2n) is 5.78. The van der Waals surface area contributed by atoms with Crippen LogP contribution in [0.15, 0.2) is 18.2 Å². The highest BCUT2D eigenvalue weighted by molar-refractivity contribution is 5.43. The van der Waals surface area contributed by atoms with Gasteiger partial charge in [0, 0.05) is 6.04 Å². The smallest absolute Gasteiger partial charge is 0.119 e. The van der Waals surface area contributed by atoms with E-state index in [4.69, 9.17) is 0 Å². The minimum absolute atomic E-state index is 0.486. The number of phenolic OH excluding ortho intramolecular Hbond substituents is 1. The van der Waals surface area contributed by atoms with E-state index in [0.29, 0.717) is 17.7 Å². The van der Waals surface area contributed by atoms with Crippen molar-refractivity contribution in [3.8, 4) is 5.75 Å². The van der Waals surface area contributed by atoms with Gasteiger partial charge in [-0.25, -0.2) is 0 Å². The summed E-state index contributed by atoms with van der Waals surface area (Å²) in [7, 11) is 0. The van der Waals surface area contributed by atoms with Crippen molar-refractivity contribution < 1.29 is 5.11 Å². The van der Waals surface area contributed by atoms with Crippen LogP contribution in [0.5, 0.6) is 5.75 Å². The van der Waals surface area contributed by atoms with Crippen molar-refractivity contribution in [3.63, 3.8) is 0 Å². The van der Waals surface area contributed by atoms with Crippen LogP contribution in [0.2, 0.25) is 0 Å². The van der Waals surface area contributed by atoms with Crippen molar-refractivity contribution in [2.45, 2.75) is 58.4 Å².